The van der Waals surface area contributed by atoms with Crippen molar-refractivity contribution in [3.8, 4) is 22.6 Å². The normalized spacial score (nSPS) is 10.9. The summed E-state index contributed by atoms with van der Waals surface area (Å²) in [4.78, 5) is 14.5. The van der Waals surface area contributed by atoms with Crippen molar-refractivity contribution in [2.75, 3.05) is 25.5 Å². The molecule has 0 saturated heterocycles. The fraction of sp³-hybridized carbons (Fsp3) is 0.206. The largest absolute Gasteiger partial charge is 0.494 e. The Morgan fingerprint density at radius 3 is 2.55 bits per heavy atom. The number of H-pyrrole nitrogens is 1. The number of aromatic amines is 1. The number of anilines is 1. The molecule has 0 saturated carbocycles. The van der Waals surface area contributed by atoms with Gasteiger partial charge in [-0.1, -0.05) is 42.5 Å². The Hall–Kier alpha value is -4.82. The average molecular weight is 567 g/mol. The van der Waals surface area contributed by atoms with E-state index < -0.39 is 0 Å². The molecule has 5 rings (SSSR count). The van der Waals surface area contributed by atoms with Crippen molar-refractivity contribution in [3.05, 3.63) is 114 Å². The number of hydrogen-bond acceptors (Lipinski definition) is 5. The van der Waals surface area contributed by atoms with Crippen LogP contribution >= 0.6 is 0 Å². The van der Waals surface area contributed by atoms with E-state index in [2.05, 4.69) is 57.3 Å². The smallest absolute Gasteiger partial charge is 0.216 e. The molecule has 0 fully saturated rings. The first kappa shape index (κ1) is 28.7. The zero-order valence-electron chi connectivity index (χ0n) is 23.8. The first-order chi connectivity index (χ1) is 20.5. The number of aromatic nitrogens is 1. The Balaban J connectivity index is 1.31. The molecule has 216 valence electrons. The maximum atomic E-state index is 13.3. The van der Waals surface area contributed by atoms with Gasteiger partial charge in [0.05, 0.1) is 12.8 Å². The highest BCUT2D eigenvalue weighted by Gasteiger charge is 2.13. The molecule has 7 nitrogen and oxygen atoms in total. The highest BCUT2D eigenvalue weighted by atomic mass is 19.1. The van der Waals surface area contributed by atoms with Gasteiger partial charge in [-0.05, 0) is 64.5 Å². The highest BCUT2D eigenvalue weighted by Crippen LogP contribution is 2.37. The maximum absolute atomic E-state index is 13.3. The number of para-hydroxylation sites is 1. The lowest BCUT2D eigenvalue weighted by Crippen LogP contribution is -2.30. The Labute approximate surface area is 245 Å². The molecule has 4 aromatic carbocycles. The summed E-state index contributed by atoms with van der Waals surface area (Å²) in [6.45, 7) is 4.13. The van der Waals surface area contributed by atoms with Crippen molar-refractivity contribution in [3.63, 3.8) is 0 Å². The predicted molar refractivity (Wildman–Crippen MR) is 165 cm³/mol. The van der Waals surface area contributed by atoms with Gasteiger partial charge < -0.3 is 30.4 Å². The van der Waals surface area contributed by atoms with Gasteiger partial charge in [0.15, 0.2) is 0 Å². The number of rotatable bonds is 13. The summed E-state index contributed by atoms with van der Waals surface area (Å²) in [5, 5.41) is 10.9. The molecule has 1 aromatic heterocycles. The second kappa shape index (κ2) is 13.7. The van der Waals surface area contributed by atoms with Crippen molar-refractivity contribution in [2.24, 2.45) is 0 Å². The molecule has 0 aliphatic rings. The molecule has 0 unspecified atom stereocenters. The van der Waals surface area contributed by atoms with Gasteiger partial charge in [0.2, 0.25) is 5.91 Å². The molecule has 42 heavy (non-hydrogen) atoms. The molecule has 8 heteroatoms. The number of fused-ring (bicyclic) bond motifs is 1. The van der Waals surface area contributed by atoms with Gasteiger partial charge in [-0.15, -0.1) is 0 Å². The van der Waals surface area contributed by atoms with Crippen LogP contribution in [0.25, 0.3) is 22.0 Å². The monoisotopic (exact) mass is 566 g/mol. The Morgan fingerprint density at radius 2 is 1.74 bits per heavy atom. The van der Waals surface area contributed by atoms with E-state index >= 15 is 0 Å². The van der Waals surface area contributed by atoms with Crippen molar-refractivity contribution in [2.45, 2.75) is 26.6 Å². The highest BCUT2D eigenvalue weighted by molar-refractivity contribution is 5.87. The number of carbonyl (C=O) groups is 1. The minimum absolute atomic E-state index is 0.0578. The van der Waals surface area contributed by atoms with Crippen molar-refractivity contribution >= 4 is 22.5 Å². The lowest BCUT2D eigenvalue weighted by atomic mass is 10.0. The third-order valence-electron chi connectivity index (χ3n) is 6.99. The average Bonchev–Trinajstić information content (AvgIpc) is 3.48. The molecular weight excluding hydrogens is 531 g/mol. The van der Waals surface area contributed by atoms with E-state index in [0.29, 0.717) is 32.8 Å². The topological polar surface area (TPSA) is 87.4 Å². The van der Waals surface area contributed by atoms with Crippen LogP contribution in [0.2, 0.25) is 0 Å². The zero-order valence-corrected chi connectivity index (χ0v) is 23.8. The standard InChI is InChI=1S/C34H35FN4O3/c1-23(40)37-17-16-36-21-28-18-25(8-13-33(28)42-22-24-6-11-29(35)12-7-24)20-39-31-5-3-4-30(34(31)41-2)27-10-9-26-14-15-38-32(26)19-27/h3-15,18-19,36,38-39H,16-17,20-22H2,1-2H3,(H,37,40). The summed E-state index contributed by atoms with van der Waals surface area (Å²) < 4.78 is 25.3. The molecule has 0 aliphatic carbocycles. The number of amides is 1. The molecular formula is C34H35FN4O3. The molecule has 4 N–H and O–H groups in total. The summed E-state index contributed by atoms with van der Waals surface area (Å²) in [5.74, 6) is 1.19. The van der Waals surface area contributed by atoms with Crippen molar-refractivity contribution < 1.29 is 18.7 Å². The minimum atomic E-state index is -0.275. The van der Waals surface area contributed by atoms with E-state index in [1.165, 1.54) is 19.1 Å². The fourth-order valence-electron chi connectivity index (χ4n) is 4.85. The van der Waals surface area contributed by atoms with Gasteiger partial charge in [0, 0.05) is 55.9 Å². The van der Waals surface area contributed by atoms with Crippen LogP contribution in [0.3, 0.4) is 0 Å². The second-order valence-electron chi connectivity index (χ2n) is 10.0. The molecule has 0 bridgehead atoms. The summed E-state index contributed by atoms with van der Waals surface area (Å²) in [6, 6.07) is 26.9. The van der Waals surface area contributed by atoms with Gasteiger partial charge in [-0.25, -0.2) is 4.39 Å². The summed E-state index contributed by atoms with van der Waals surface area (Å²) in [6.07, 6.45) is 1.94. The third-order valence-corrected chi connectivity index (χ3v) is 6.99. The molecule has 0 atom stereocenters. The zero-order chi connectivity index (χ0) is 29.3. The number of nitrogens with one attached hydrogen (secondary N) is 4. The number of halogens is 1. The molecule has 0 aliphatic heterocycles. The van der Waals surface area contributed by atoms with Gasteiger partial charge in [0.25, 0.3) is 0 Å². The van der Waals surface area contributed by atoms with Crippen molar-refractivity contribution in [1.29, 1.82) is 0 Å². The van der Waals surface area contributed by atoms with Crippen LogP contribution in [0.5, 0.6) is 11.5 Å². The first-order valence-corrected chi connectivity index (χ1v) is 13.9. The number of ether oxygens (including phenoxy) is 2. The van der Waals surface area contributed by atoms with Gasteiger partial charge in [0.1, 0.15) is 23.9 Å². The number of methoxy groups -OCH3 is 1. The summed E-state index contributed by atoms with van der Waals surface area (Å²) >= 11 is 0. The number of carbonyl (C=O) groups excluding carboxylic acids is 1. The molecule has 0 radical (unpaired) electrons. The van der Waals surface area contributed by atoms with Crippen LogP contribution in [0, 0.1) is 5.82 Å². The van der Waals surface area contributed by atoms with E-state index in [0.717, 1.165) is 55.9 Å². The molecule has 1 heterocycles. The van der Waals surface area contributed by atoms with Gasteiger partial charge >= 0.3 is 0 Å². The van der Waals surface area contributed by atoms with Crippen LogP contribution in [0.4, 0.5) is 10.1 Å². The maximum Gasteiger partial charge on any atom is 0.216 e. The first-order valence-electron chi connectivity index (χ1n) is 13.9. The number of benzene rings is 4. The third kappa shape index (κ3) is 7.27. The fourth-order valence-corrected chi connectivity index (χ4v) is 4.85. The second-order valence-corrected chi connectivity index (χ2v) is 10.0. The van der Waals surface area contributed by atoms with Gasteiger partial charge in [-0.2, -0.15) is 0 Å². The lowest BCUT2D eigenvalue weighted by Gasteiger charge is -2.17. The van der Waals surface area contributed by atoms with Crippen LogP contribution in [0.1, 0.15) is 23.6 Å². The SMILES string of the molecule is COc1c(NCc2ccc(OCc3ccc(F)cc3)c(CNCCNC(C)=O)c2)cccc1-c1ccc2cc[nH]c2c1. The Kier molecular flexibility index (Phi) is 9.36. The predicted octanol–water partition coefficient (Wildman–Crippen LogP) is 6.40. The Morgan fingerprint density at radius 1 is 0.905 bits per heavy atom. The quantitative estimate of drug-likeness (QED) is 0.124. The van der Waals surface area contributed by atoms with Crippen molar-refractivity contribution in [1.82, 2.24) is 15.6 Å². The van der Waals surface area contributed by atoms with Crippen LogP contribution in [-0.2, 0) is 24.5 Å². The van der Waals surface area contributed by atoms with Crippen LogP contribution < -0.4 is 25.4 Å². The molecule has 5 aromatic rings. The number of hydrogen-bond donors (Lipinski definition) is 4. The minimum Gasteiger partial charge on any atom is -0.494 e. The van der Waals surface area contributed by atoms with Crippen LogP contribution in [0.15, 0.2) is 91.1 Å². The van der Waals surface area contributed by atoms with E-state index in [4.69, 9.17) is 9.47 Å². The van der Waals surface area contributed by atoms with Crippen LogP contribution in [-0.4, -0.2) is 31.1 Å². The molecule has 0 spiro atoms. The summed E-state index contributed by atoms with van der Waals surface area (Å²) in [5.41, 5.74) is 6.99. The Bertz CT molecular complexity index is 1650. The van der Waals surface area contributed by atoms with E-state index in [1.54, 1.807) is 19.2 Å². The van der Waals surface area contributed by atoms with Gasteiger partial charge in [-0.3, -0.25) is 4.79 Å². The molecule has 1 amide bonds. The van der Waals surface area contributed by atoms with E-state index in [-0.39, 0.29) is 11.7 Å². The van der Waals surface area contributed by atoms with E-state index in [1.807, 2.05) is 30.5 Å². The lowest BCUT2D eigenvalue weighted by molar-refractivity contribution is -0.118. The summed E-state index contributed by atoms with van der Waals surface area (Å²) in [7, 11) is 1.69. The van der Waals surface area contributed by atoms with E-state index in [9.17, 15) is 9.18 Å².